The van der Waals surface area contributed by atoms with Crippen LogP contribution in [0.1, 0.15) is 76.3 Å². The van der Waals surface area contributed by atoms with Gasteiger partial charge in [0, 0.05) is 6.20 Å². The number of imidazole rings is 1. The van der Waals surface area contributed by atoms with E-state index >= 15 is 0 Å². The van der Waals surface area contributed by atoms with Crippen LogP contribution in [0.15, 0.2) is 164 Å². The van der Waals surface area contributed by atoms with Gasteiger partial charge in [-0.1, -0.05) is 53.7 Å². The second-order valence-corrected chi connectivity index (χ2v) is 20.4. The second kappa shape index (κ2) is 15.9. The van der Waals surface area contributed by atoms with Crippen molar-refractivity contribution < 1.29 is 24.1 Å². The maximum absolute atomic E-state index is 6.80. The van der Waals surface area contributed by atoms with E-state index in [0.29, 0.717) is 11.5 Å². The molecule has 0 aliphatic heterocycles. The third kappa shape index (κ3) is 7.22. The molecule has 0 saturated heterocycles. The van der Waals surface area contributed by atoms with Crippen LogP contribution in [-0.2, 0) is 36.6 Å². The molecule has 0 radical (unpaired) electrons. The van der Waals surface area contributed by atoms with Crippen LogP contribution < -0.4 is 4.74 Å². The summed E-state index contributed by atoms with van der Waals surface area (Å²) in [4.78, 5) is 4.94. The molecule has 11 rings (SSSR count). The van der Waals surface area contributed by atoms with Crippen molar-refractivity contribution in [3.63, 3.8) is 0 Å². The fourth-order valence-electron chi connectivity index (χ4n) is 9.73. The summed E-state index contributed by atoms with van der Waals surface area (Å²) in [5.74, 6) is 2.19. The Hall–Kier alpha value is -6.55. The van der Waals surface area contributed by atoms with Crippen molar-refractivity contribution in [2.75, 3.05) is 0 Å². The molecule has 65 heavy (non-hydrogen) atoms. The van der Waals surface area contributed by atoms with Gasteiger partial charge in [-0.3, -0.25) is 0 Å². The second-order valence-electron chi connectivity index (χ2n) is 19.3. The SMILES string of the molecule is CC(C)(C)c1ccnc(-n2c3[c-]c(Oc4[c-]c5c(cc4)CCC5n4[c](=[Pt])n(-c5c(-c6ccccc6)cccc5-c5ccccc5)c5ccccc54)ccc3c3cc(C(C)(C)C)ccc32)c1. The number of para-hydroxylation sites is 3. The minimum atomic E-state index is -0.0296. The molecule has 3 aromatic heterocycles. The smallest absolute Gasteiger partial charge is 0.0608 e. The molecule has 5 nitrogen and oxygen atoms in total. The van der Waals surface area contributed by atoms with Gasteiger partial charge >= 0.3 is 289 Å². The molecule has 1 aliphatic carbocycles. The zero-order chi connectivity index (χ0) is 44.6. The van der Waals surface area contributed by atoms with E-state index in [-0.39, 0.29) is 16.9 Å². The van der Waals surface area contributed by atoms with Crippen LogP contribution in [0, 0.1) is 15.9 Å². The Morgan fingerprint density at radius 2 is 1.22 bits per heavy atom. The molecule has 0 amide bonds. The summed E-state index contributed by atoms with van der Waals surface area (Å²) in [7, 11) is 0. The zero-order valence-electron chi connectivity index (χ0n) is 37.6. The molecule has 0 spiro atoms. The van der Waals surface area contributed by atoms with Crippen molar-refractivity contribution >= 4 is 32.8 Å². The van der Waals surface area contributed by atoms with E-state index in [1.54, 1.807) is 0 Å². The first-order chi connectivity index (χ1) is 31.4. The van der Waals surface area contributed by atoms with Crippen LogP contribution >= 0.6 is 0 Å². The van der Waals surface area contributed by atoms with Gasteiger partial charge in [0.25, 0.3) is 0 Å². The minimum Gasteiger partial charge on any atom is -0.0608 e. The third-order valence-corrected chi connectivity index (χ3v) is 14.2. The summed E-state index contributed by atoms with van der Waals surface area (Å²) in [6.07, 6.45) is 3.85. The van der Waals surface area contributed by atoms with Crippen LogP contribution in [0.3, 0.4) is 0 Å². The van der Waals surface area contributed by atoms with Gasteiger partial charge in [0.1, 0.15) is 0 Å². The van der Waals surface area contributed by atoms with Gasteiger partial charge in [0.05, 0.1) is 0 Å². The number of ether oxygens (including phenoxy) is 1. The Kier molecular flexibility index (Phi) is 10.0. The summed E-state index contributed by atoms with van der Waals surface area (Å²) < 4.78 is 15.2. The van der Waals surface area contributed by atoms with Crippen molar-refractivity contribution in [2.45, 2.75) is 71.3 Å². The molecular weight excluding hydrogens is 976 g/mol. The number of aromatic nitrogens is 4. The van der Waals surface area contributed by atoms with E-state index in [1.165, 1.54) is 61.1 Å². The first-order valence-electron chi connectivity index (χ1n) is 22.5. The van der Waals surface area contributed by atoms with E-state index in [0.717, 1.165) is 44.4 Å². The minimum absolute atomic E-state index is 0.00406. The fraction of sp³-hybridized carbons (Fsp3) is 0.186. The predicted molar refractivity (Wildman–Crippen MR) is 262 cm³/mol. The number of fused-ring (bicyclic) bond motifs is 5. The molecule has 3 heterocycles. The summed E-state index contributed by atoms with van der Waals surface area (Å²) in [6.45, 7) is 13.5. The quantitative estimate of drug-likeness (QED) is 0.149. The molecule has 0 fully saturated rings. The molecule has 10 aromatic rings. The Labute approximate surface area is 392 Å². The summed E-state index contributed by atoms with van der Waals surface area (Å²) in [5.41, 5.74) is 15.2. The van der Waals surface area contributed by atoms with E-state index < -0.39 is 0 Å². The van der Waals surface area contributed by atoms with Crippen molar-refractivity contribution in [2.24, 2.45) is 0 Å². The van der Waals surface area contributed by atoms with Crippen molar-refractivity contribution in [1.82, 2.24) is 18.7 Å². The van der Waals surface area contributed by atoms with Gasteiger partial charge in [-0.05, 0) is 40.2 Å². The third-order valence-electron chi connectivity index (χ3n) is 13.1. The fourth-order valence-corrected chi connectivity index (χ4v) is 10.9. The summed E-state index contributed by atoms with van der Waals surface area (Å²) >= 11 is 2.56. The molecule has 324 valence electrons. The maximum atomic E-state index is 6.80. The van der Waals surface area contributed by atoms with Crippen LogP contribution in [0.4, 0.5) is 0 Å². The predicted octanol–water partition coefficient (Wildman–Crippen LogP) is 14.9. The van der Waals surface area contributed by atoms with E-state index in [2.05, 4.69) is 238 Å². The molecule has 0 bridgehead atoms. The van der Waals surface area contributed by atoms with Gasteiger partial charge in [-0.2, -0.15) is 0 Å². The van der Waals surface area contributed by atoms with Crippen LogP contribution in [0.2, 0.25) is 0 Å². The van der Waals surface area contributed by atoms with Gasteiger partial charge in [0.2, 0.25) is 0 Å². The molecule has 1 unspecified atom stereocenters. The summed E-state index contributed by atoms with van der Waals surface area (Å²) in [5, 5.41) is 2.30. The van der Waals surface area contributed by atoms with Crippen LogP contribution in [0.25, 0.3) is 66.6 Å². The molecule has 0 N–H and O–H groups in total. The van der Waals surface area contributed by atoms with Crippen molar-refractivity contribution in [3.05, 3.63) is 202 Å². The van der Waals surface area contributed by atoms with Gasteiger partial charge < -0.3 is 0 Å². The Balaban J connectivity index is 1.03. The standard InChI is InChI=1S/C59H50N4O.Pt/c1-58(2,3)42-26-31-52-50(34-42)48-29-28-45(37-55(48)63(52)56-35-43(32-33-60-56)59(4,5)6)64-44-27-24-41-25-30-51(49(41)36-44)61-38-62(54-23-14-13-22-53(54)61)57-46(39-16-9-7-10-17-39)20-15-21-47(57)40-18-11-8-12-19-40;/h7-24,26-29,31-35,51H,25,30H2,1-6H3;/q-2;. The molecule has 0 saturated carbocycles. The molecule has 6 heteroatoms. The van der Waals surface area contributed by atoms with Gasteiger partial charge in [-0.15, -0.1) is 0 Å². The topological polar surface area (TPSA) is 36.9 Å². The average Bonchev–Trinajstić information content (AvgIpc) is 3.97. The van der Waals surface area contributed by atoms with E-state index in [4.69, 9.17) is 9.72 Å². The first kappa shape index (κ1) is 41.2. The normalized spacial score (nSPS) is 14.1. The molecular formula is C59H50N4OPt-2. The summed E-state index contributed by atoms with van der Waals surface area (Å²) in [6, 6.07) is 64.3. The van der Waals surface area contributed by atoms with Crippen molar-refractivity contribution in [1.29, 1.82) is 0 Å². The molecule has 7 aromatic carbocycles. The van der Waals surface area contributed by atoms with Crippen LogP contribution in [0.5, 0.6) is 11.5 Å². The first-order valence-corrected chi connectivity index (χ1v) is 23.7. The zero-order valence-corrected chi connectivity index (χ0v) is 39.9. The van der Waals surface area contributed by atoms with Crippen molar-refractivity contribution in [3.8, 4) is 45.3 Å². The average molecular weight is 1030 g/mol. The molecule has 1 aliphatic rings. The van der Waals surface area contributed by atoms with Crippen LogP contribution in [-0.4, -0.2) is 18.7 Å². The number of hydrogen-bond donors (Lipinski definition) is 0. The monoisotopic (exact) mass is 1030 g/mol. The number of aryl methyl sites for hydroxylation is 1. The Morgan fingerprint density at radius 3 is 1.91 bits per heavy atom. The van der Waals surface area contributed by atoms with E-state index in [1.807, 2.05) is 12.3 Å². The number of nitrogens with zero attached hydrogens (tertiary/aromatic N) is 4. The Morgan fingerprint density at radius 1 is 0.585 bits per heavy atom. The van der Waals surface area contributed by atoms with Gasteiger partial charge in [-0.25, -0.2) is 4.98 Å². The van der Waals surface area contributed by atoms with Gasteiger partial charge in [0.15, 0.2) is 0 Å². The Bertz CT molecular complexity index is 3450. The number of pyridine rings is 1. The number of rotatable bonds is 7. The van der Waals surface area contributed by atoms with E-state index in [9.17, 15) is 0 Å². The number of hydrogen-bond acceptors (Lipinski definition) is 2. The molecule has 1 atom stereocenters. The number of benzene rings is 7.